The number of aliphatic carboxylic acids is 1. The van der Waals surface area contributed by atoms with Crippen molar-refractivity contribution in [3.05, 3.63) is 45.9 Å². The lowest BCUT2D eigenvalue weighted by molar-refractivity contribution is -0.151. The van der Waals surface area contributed by atoms with Crippen LogP contribution >= 0.6 is 11.6 Å². The Kier molecular flexibility index (Phi) is 4.98. The molecular formula is C20H22ClFN2O2. The van der Waals surface area contributed by atoms with E-state index in [9.17, 15) is 19.6 Å². The Bertz CT molecular complexity index is 813. The maximum Gasteiger partial charge on any atom is 0.312 e. The van der Waals surface area contributed by atoms with Crippen LogP contribution in [0.4, 0.5) is 4.39 Å². The van der Waals surface area contributed by atoms with Crippen LogP contribution in [-0.4, -0.2) is 17.1 Å². The molecule has 3 rings (SSSR count). The number of nitrogens with one attached hydrogen (secondary N) is 1. The van der Waals surface area contributed by atoms with Gasteiger partial charge in [0.1, 0.15) is 5.82 Å². The lowest BCUT2D eigenvalue weighted by Crippen LogP contribution is -2.55. The van der Waals surface area contributed by atoms with E-state index in [-0.39, 0.29) is 11.1 Å². The van der Waals surface area contributed by atoms with Gasteiger partial charge in [0.2, 0.25) is 0 Å². The summed E-state index contributed by atoms with van der Waals surface area (Å²) < 4.78 is 13.5. The number of nitriles is 1. The van der Waals surface area contributed by atoms with Gasteiger partial charge in [0.25, 0.3) is 0 Å². The highest BCUT2D eigenvalue weighted by Gasteiger charge is 2.53. The average molecular weight is 377 g/mol. The smallest absolute Gasteiger partial charge is 0.312 e. The molecule has 138 valence electrons. The number of halogens is 2. The topological polar surface area (TPSA) is 73.1 Å². The highest BCUT2D eigenvalue weighted by Crippen LogP contribution is 2.51. The minimum atomic E-state index is -1.26. The molecule has 3 atom stereocenters. The minimum absolute atomic E-state index is 0.144. The first-order chi connectivity index (χ1) is 12.3. The molecule has 0 amide bonds. The van der Waals surface area contributed by atoms with Crippen LogP contribution < -0.4 is 5.32 Å². The van der Waals surface area contributed by atoms with Crippen molar-refractivity contribution in [2.24, 2.45) is 11.3 Å². The van der Waals surface area contributed by atoms with Crippen molar-refractivity contribution in [1.29, 1.82) is 5.26 Å². The number of nitrogens with zero attached hydrogens (tertiary/aromatic N) is 1. The number of rotatable bonds is 5. The second-order valence-corrected chi connectivity index (χ2v) is 7.96. The molecule has 1 saturated carbocycles. The Hall–Kier alpha value is -2.06. The summed E-state index contributed by atoms with van der Waals surface area (Å²) >= 11 is 6.26. The number of carboxylic acid groups (broad SMARTS) is 1. The van der Waals surface area contributed by atoms with Crippen LogP contribution in [0.3, 0.4) is 0 Å². The molecule has 1 heterocycles. The molecule has 0 spiro atoms. The Morgan fingerprint density at radius 3 is 2.69 bits per heavy atom. The molecular weight excluding hydrogens is 355 g/mol. The van der Waals surface area contributed by atoms with Crippen LogP contribution in [0.5, 0.6) is 0 Å². The molecule has 0 bridgehead atoms. The summed E-state index contributed by atoms with van der Waals surface area (Å²) in [6.45, 7) is 3.45. The standard InChI is InChI=1S/C20H22ClFN2O2/c1-11-15(10-23)18(14-7-6-13(22)9-16(14)21)20(2,19(25)26)17(24-11)8-5-12-3-4-12/h6-7,9,12,17-18,24H,3-5,8H2,1-2H3,(H,25,26). The molecule has 1 aliphatic carbocycles. The molecule has 0 aromatic heterocycles. The molecule has 0 saturated heterocycles. The van der Waals surface area contributed by atoms with Gasteiger partial charge in [-0.1, -0.05) is 30.5 Å². The van der Waals surface area contributed by atoms with Crippen molar-refractivity contribution in [3.63, 3.8) is 0 Å². The van der Waals surface area contributed by atoms with E-state index in [0.717, 1.165) is 6.42 Å². The van der Waals surface area contributed by atoms with E-state index in [4.69, 9.17) is 11.6 Å². The number of hydrogen-bond donors (Lipinski definition) is 2. The summed E-state index contributed by atoms with van der Waals surface area (Å²) in [6, 6.07) is 5.75. The summed E-state index contributed by atoms with van der Waals surface area (Å²) in [7, 11) is 0. The van der Waals surface area contributed by atoms with Gasteiger partial charge in [0.15, 0.2) is 0 Å². The third-order valence-corrected chi connectivity index (χ3v) is 6.15. The Labute approximate surface area is 157 Å². The zero-order chi connectivity index (χ0) is 19.1. The largest absolute Gasteiger partial charge is 0.481 e. The van der Waals surface area contributed by atoms with E-state index in [1.54, 1.807) is 13.8 Å². The van der Waals surface area contributed by atoms with E-state index >= 15 is 0 Å². The summed E-state index contributed by atoms with van der Waals surface area (Å²) in [5.74, 6) is -1.54. The molecule has 2 aliphatic rings. The monoisotopic (exact) mass is 376 g/mol. The van der Waals surface area contributed by atoms with Crippen molar-refractivity contribution in [1.82, 2.24) is 5.32 Å². The SMILES string of the molecule is CC1=C(C#N)C(c2ccc(F)cc2Cl)C(C)(C(=O)O)C(CCC2CC2)N1. The molecule has 6 heteroatoms. The number of allylic oxidation sites excluding steroid dienone is 2. The van der Waals surface area contributed by atoms with Crippen LogP contribution in [0, 0.1) is 28.5 Å². The third kappa shape index (κ3) is 3.19. The molecule has 1 aromatic carbocycles. The second-order valence-electron chi connectivity index (χ2n) is 7.55. The third-order valence-electron chi connectivity index (χ3n) is 5.82. The lowest BCUT2D eigenvalue weighted by atomic mass is 9.62. The number of carboxylic acids is 1. The highest BCUT2D eigenvalue weighted by molar-refractivity contribution is 6.31. The van der Waals surface area contributed by atoms with Gasteiger partial charge in [0.05, 0.1) is 17.1 Å². The van der Waals surface area contributed by atoms with E-state index in [1.807, 2.05) is 0 Å². The predicted molar refractivity (Wildman–Crippen MR) is 97.1 cm³/mol. The summed E-state index contributed by atoms with van der Waals surface area (Å²) in [5, 5.41) is 23.3. The number of carbonyl (C=O) groups is 1. The zero-order valence-corrected chi connectivity index (χ0v) is 15.6. The molecule has 1 fully saturated rings. The molecule has 0 radical (unpaired) electrons. The van der Waals surface area contributed by atoms with Crippen molar-refractivity contribution in [2.45, 2.75) is 51.5 Å². The van der Waals surface area contributed by atoms with Gasteiger partial charge in [0, 0.05) is 22.7 Å². The molecule has 3 unspecified atom stereocenters. The Morgan fingerprint density at radius 1 is 1.46 bits per heavy atom. The van der Waals surface area contributed by atoms with Gasteiger partial charge < -0.3 is 10.4 Å². The highest BCUT2D eigenvalue weighted by atomic mass is 35.5. The minimum Gasteiger partial charge on any atom is -0.481 e. The van der Waals surface area contributed by atoms with Crippen LogP contribution in [0.2, 0.25) is 5.02 Å². The lowest BCUT2D eigenvalue weighted by Gasteiger charge is -2.46. The van der Waals surface area contributed by atoms with Gasteiger partial charge in [-0.25, -0.2) is 4.39 Å². The van der Waals surface area contributed by atoms with Gasteiger partial charge in [-0.05, 0) is 50.3 Å². The first-order valence-corrected chi connectivity index (χ1v) is 9.22. The van der Waals surface area contributed by atoms with Crippen molar-refractivity contribution in [2.75, 3.05) is 0 Å². The van der Waals surface area contributed by atoms with E-state index < -0.39 is 23.1 Å². The fraction of sp³-hybridized carbons (Fsp3) is 0.500. The molecule has 4 nitrogen and oxygen atoms in total. The quantitative estimate of drug-likeness (QED) is 0.786. The first kappa shape index (κ1) is 18.7. The summed E-state index contributed by atoms with van der Waals surface area (Å²) in [4.78, 5) is 12.4. The van der Waals surface area contributed by atoms with E-state index in [0.29, 0.717) is 29.2 Å². The van der Waals surface area contributed by atoms with Crippen LogP contribution in [0.1, 0.15) is 51.0 Å². The van der Waals surface area contributed by atoms with Crippen molar-refractivity contribution >= 4 is 17.6 Å². The zero-order valence-electron chi connectivity index (χ0n) is 14.9. The van der Waals surface area contributed by atoms with Crippen LogP contribution in [0.15, 0.2) is 29.5 Å². The molecule has 1 aliphatic heterocycles. The Morgan fingerprint density at radius 2 is 2.15 bits per heavy atom. The maximum absolute atomic E-state index is 13.5. The van der Waals surface area contributed by atoms with Crippen LogP contribution in [0.25, 0.3) is 0 Å². The van der Waals surface area contributed by atoms with E-state index in [2.05, 4.69) is 11.4 Å². The summed E-state index contributed by atoms with van der Waals surface area (Å²) in [5.41, 5.74) is 0.219. The normalized spacial score (nSPS) is 28.4. The van der Waals surface area contributed by atoms with Gasteiger partial charge >= 0.3 is 5.97 Å². The fourth-order valence-corrected chi connectivity index (χ4v) is 4.30. The maximum atomic E-state index is 13.5. The van der Waals surface area contributed by atoms with Gasteiger partial charge in [-0.3, -0.25) is 4.79 Å². The number of benzene rings is 1. The fourth-order valence-electron chi connectivity index (χ4n) is 4.02. The van der Waals surface area contributed by atoms with Gasteiger partial charge in [-0.15, -0.1) is 0 Å². The van der Waals surface area contributed by atoms with Crippen LogP contribution in [-0.2, 0) is 4.79 Å². The Balaban J connectivity index is 2.12. The molecule has 1 aromatic rings. The second kappa shape index (κ2) is 6.92. The molecule has 2 N–H and O–H groups in total. The average Bonchev–Trinajstić information content (AvgIpc) is 3.39. The summed E-state index contributed by atoms with van der Waals surface area (Å²) in [6.07, 6.45) is 4.06. The predicted octanol–water partition coefficient (Wildman–Crippen LogP) is 4.61. The number of hydrogen-bond acceptors (Lipinski definition) is 3. The van der Waals surface area contributed by atoms with Gasteiger partial charge in [-0.2, -0.15) is 5.26 Å². The first-order valence-electron chi connectivity index (χ1n) is 8.84. The molecule has 26 heavy (non-hydrogen) atoms. The van der Waals surface area contributed by atoms with Crippen molar-refractivity contribution in [3.8, 4) is 6.07 Å². The van der Waals surface area contributed by atoms with E-state index in [1.165, 1.54) is 31.0 Å². The van der Waals surface area contributed by atoms with Crippen molar-refractivity contribution < 1.29 is 14.3 Å².